The Kier molecular flexibility index (Phi) is 4.74. The van der Waals surface area contributed by atoms with Gasteiger partial charge in [0.25, 0.3) is 0 Å². The predicted octanol–water partition coefficient (Wildman–Crippen LogP) is 0.912. The van der Waals surface area contributed by atoms with Crippen molar-refractivity contribution in [1.82, 2.24) is 4.72 Å². The third-order valence-corrected chi connectivity index (χ3v) is 5.56. The molecule has 0 spiro atoms. The second-order valence-corrected chi connectivity index (χ2v) is 7.12. The number of ether oxygens (including phenoxy) is 1. The van der Waals surface area contributed by atoms with Crippen LogP contribution in [-0.2, 0) is 21.3 Å². The normalized spacial score (nSPS) is 18.1. The van der Waals surface area contributed by atoms with Crippen LogP contribution in [0.4, 0.5) is 0 Å². The highest BCUT2D eigenvalue weighted by atomic mass is 32.2. The lowest BCUT2D eigenvalue weighted by Crippen LogP contribution is -2.32. The zero-order valence-electron chi connectivity index (χ0n) is 10.1. The molecule has 1 aliphatic heterocycles. The van der Waals surface area contributed by atoms with E-state index in [1.165, 1.54) is 11.3 Å². The Bertz CT molecular complexity index is 478. The third kappa shape index (κ3) is 3.52. The average molecular weight is 290 g/mol. The number of nitrogens with one attached hydrogen (secondary N) is 1. The molecule has 0 radical (unpaired) electrons. The quantitative estimate of drug-likeness (QED) is 0.844. The Hall–Kier alpha value is -0.470. The molecule has 0 saturated carbocycles. The number of thiophene rings is 1. The predicted molar refractivity (Wildman–Crippen MR) is 70.9 cm³/mol. The van der Waals surface area contributed by atoms with Crippen LogP contribution in [0.5, 0.6) is 0 Å². The van der Waals surface area contributed by atoms with Crippen molar-refractivity contribution in [2.75, 3.05) is 19.8 Å². The molecule has 18 heavy (non-hydrogen) atoms. The monoisotopic (exact) mass is 290 g/mol. The van der Waals surface area contributed by atoms with Crippen molar-refractivity contribution in [1.29, 1.82) is 0 Å². The lowest BCUT2D eigenvalue weighted by Gasteiger charge is -2.21. The molecule has 0 aromatic carbocycles. The lowest BCUT2D eigenvalue weighted by atomic mass is 10.0. The van der Waals surface area contributed by atoms with E-state index in [0.29, 0.717) is 23.9 Å². The van der Waals surface area contributed by atoms with Crippen molar-refractivity contribution < 1.29 is 13.2 Å². The zero-order chi connectivity index (χ0) is 13.0. The highest BCUT2D eigenvalue weighted by Gasteiger charge is 2.19. The van der Waals surface area contributed by atoms with Gasteiger partial charge in [0.05, 0.1) is 4.90 Å². The van der Waals surface area contributed by atoms with Crippen LogP contribution >= 0.6 is 11.3 Å². The molecule has 102 valence electrons. The van der Waals surface area contributed by atoms with Crippen LogP contribution in [0, 0.1) is 5.92 Å². The molecule has 2 rings (SSSR count). The van der Waals surface area contributed by atoms with Crippen molar-refractivity contribution >= 4 is 21.4 Å². The van der Waals surface area contributed by atoms with Gasteiger partial charge in [0.2, 0.25) is 10.0 Å². The maximum Gasteiger partial charge on any atom is 0.241 e. The molecule has 0 bridgehead atoms. The first kappa shape index (κ1) is 14.0. The van der Waals surface area contributed by atoms with Gasteiger partial charge in [-0.1, -0.05) is 0 Å². The molecule has 1 aromatic heterocycles. The van der Waals surface area contributed by atoms with Crippen molar-refractivity contribution in [2.24, 2.45) is 11.7 Å². The maximum atomic E-state index is 12.0. The summed E-state index contributed by atoms with van der Waals surface area (Å²) in [5.41, 5.74) is 5.48. The molecule has 7 heteroatoms. The zero-order valence-corrected chi connectivity index (χ0v) is 11.7. The summed E-state index contributed by atoms with van der Waals surface area (Å²) >= 11 is 1.37. The first-order chi connectivity index (χ1) is 8.62. The Balaban J connectivity index is 1.94. The maximum absolute atomic E-state index is 12.0. The summed E-state index contributed by atoms with van der Waals surface area (Å²) in [7, 11) is -3.38. The second-order valence-electron chi connectivity index (χ2n) is 4.36. The van der Waals surface area contributed by atoms with E-state index in [4.69, 9.17) is 10.5 Å². The fourth-order valence-corrected chi connectivity index (χ4v) is 4.14. The molecule has 0 atom stereocenters. The third-order valence-electron chi connectivity index (χ3n) is 3.04. The SMILES string of the molecule is NCc1cc(S(=O)(=O)NCC2CCOCC2)cs1. The van der Waals surface area contributed by atoms with Gasteiger partial charge in [0.15, 0.2) is 0 Å². The van der Waals surface area contributed by atoms with E-state index in [1.54, 1.807) is 11.4 Å². The Morgan fingerprint density at radius 2 is 2.17 bits per heavy atom. The van der Waals surface area contributed by atoms with Crippen LogP contribution in [0.15, 0.2) is 16.3 Å². The van der Waals surface area contributed by atoms with E-state index in [1.807, 2.05) is 0 Å². The standard InChI is InChI=1S/C11H18N2O3S2/c12-6-10-5-11(8-17-10)18(14,15)13-7-9-1-3-16-4-2-9/h5,8-9,13H,1-4,6-7,12H2. The van der Waals surface area contributed by atoms with Crippen LogP contribution in [0.2, 0.25) is 0 Å². The summed E-state index contributed by atoms with van der Waals surface area (Å²) in [6.07, 6.45) is 1.83. The van der Waals surface area contributed by atoms with E-state index in [2.05, 4.69) is 4.72 Å². The first-order valence-corrected chi connectivity index (χ1v) is 8.33. The largest absolute Gasteiger partial charge is 0.381 e. The lowest BCUT2D eigenvalue weighted by molar-refractivity contribution is 0.0678. The molecule has 1 aromatic rings. The number of hydrogen-bond donors (Lipinski definition) is 2. The van der Waals surface area contributed by atoms with Gasteiger partial charge < -0.3 is 10.5 Å². The van der Waals surface area contributed by atoms with E-state index >= 15 is 0 Å². The van der Waals surface area contributed by atoms with Gasteiger partial charge in [0, 0.05) is 36.6 Å². The topological polar surface area (TPSA) is 81.4 Å². The van der Waals surface area contributed by atoms with E-state index < -0.39 is 10.0 Å². The fraction of sp³-hybridized carbons (Fsp3) is 0.636. The van der Waals surface area contributed by atoms with Gasteiger partial charge in [-0.15, -0.1) is 11.3 Å². The highest BCUT2D eigenvalue weighted by Crippen LogP contribution is 2.19. The minimum absolute atomic E-state index is 0.319. The minimum atomic E-state index is -3.38. The summed E-state index contributed by atoms with van der Waals surface area (Å²) < 4.78 is 32.0. The molecule has 0 aliphatic carbocycles. The molecule has 1 saturated heterocycles. The van der Waals surface area contributed by atoms with Gasteiger partial charge >= 0.3 is 0 Å². The molecule has 2 heterocycles. The van der Waals surface area contributed by atoms with Gasteiger partial charge in [-0.2, -0.15) is 0 Å². The number of rotatable bonds is 5. The van der Waals surface area contributed by atoms with Gasteiger partial charge in [0.1, 0.15) is 0 Å². The van der Waals surface area contributed by atoms with Crippen molar-refractivity contribution in [3.63, 3.8) is 0 Å². The van der Waals surface area contributed by atoms with E-state index in [0.717, 1.165) is 30.9 Å². The van der Waals surface area contributed by atoms with Crippen molar-refractivity contribution in [3.05, 3.63) is 16.3 Å². The first-order valence-electron chi connectivity index (χ1n) is 5.96. The molecular formula is C11H18N2O3S2. The highest BCUT2D eigenvalue weighted by molar-refractivity contribution is 7.89. The molecule has 5 nitrogen and oxygen atoms in total. The van der Waals surface area contributed by atoms with Gasteiger partial charge in [-0.05, 0) is 24.8 Å². The number of sulfonamides is 1. The van der Waals surface area contributed by atoms with Gasteiger partial charge in [-0.3, -0.25) is 0 Å². The van der Waals surface area contributed by atoms with Crippen molar-refractivity contribution in [2.45, 2.75) is 24.3 Å². The van der Waals surface area contributed by atoms with Crippen LogP contribution in [0.25, 0.3) is 0 Å². The molecule has 0 unspecified atom stereocenters. The summed E-state index contributed by atoms with van der Waals surface area (Å²) in [4.78, 5) is 1.20. The number of nitrogens with two attached hydrogens (primary N) is 1. The average Bonchev–Trinajstić information content (AvgIpc) is 2.87. The summed E-state index contributed by atoms with van der Waals surface area (Å²) in [5, 5.41) is 1.63. The smallest absolute Gasteiger partial charge is 0.241 e. The Labute approximate surface area is 111 Å². The summed E-state index contributed by atoms with van der Waals surface area (Å²) in [6, 6.07) is 1.64. The van der Waals surface area contributed by atoms with Gasteiger partial charge in [-0.25, -0.2) is 13.1 Å². The summed E-state index contributed by atoms with van der Waals surface area (Å²) in [5.74, 6) is 0.376. The molecule has 1 aliphatic rings. The molecular weight excluding hydrogens is 272 g/mol. The van der Waals surface area contributed by atoms with E-state index in [9.17, 15) is 8.42 Å². The van der Waals surface area contributed by atoms with Crippen LogP contribution < -0.4 is 10.5 Å². The number of hydrogen-bond acceptors (Lipinski definition) is 5. The van der Waals surface area contributed by atoms with Crippen LogP contribution in [0.1, 0.15) is 17.7 Å². The van der Waals surface area contributed by atoms with Crippen LogP contribution in [0.3, 0.4) is 0 Å². The molecule has 1 fully saturated rings. The van der Waals surface area contributed by atoms with Crippen molar-refractivity contribution in [3.8, 4) is 0 Å². The fourth-order valence-electron chi connectivity index (χ4n) is 1.87. The van der Waals surface area contributed by atoms with Crippen LogP contribution in [-0.4, -0.2) is 28.2 Å². The van der Waals surface area contributed by atoms with E-state index in [-0.39, 0.29) is 0 Å². The molecule has 3 N–H and O–H groups in total. The second kappa shape index (κ2) is 6.12. The minimum Gasteiger partial charge on any atom is -0.381 e. The Morgan fingerprint density at radius 3 is 2.78 bits per heavy atom. The Morgan fingerprint density at radius 1 is 1.44 bits per heavy atom. The summed E-state index contributed by atoms with van der Waals surface area (Å²) in [6.45, 7) is 2.31. The molecule has 0 amide bonds.